The molecule has 0 unspecified atom stereocenters. The van der Waals surface area contributed by atoms with Crippen LogP contribution in [0.15, 0.2) is 45.8 Å². The van der Waals surface area contributed by atoms with Crippen LogP contribution < -0.4 is 9.47 Å². The van der Waals surface area contributed by atoms with Crippen molar-refractivity contribution >= 4 is 67.5 Å². The number of hydrogen-bond acceptors (Lipinski definition) is 5. The first-order chi connectivity index (χ1) is 13.9. The predicted octanol–water partition coefficient (Wildman–Crippen LogP) is 6.09. The van der Waals surface area contributed by atoms with Crippen molar-refractivity contribution in [3.63, 3.8) is 0 Å². The van der Waals surface area contributed by atoms with Crippen molar-refractivity contribution in [1.29, 1.82) is 0 Å². The quantitative estimate of drug-likeness (QED) is 0.290. The summed E-state index contributed by atoms with van der Waals surface area (Å²) in [7, 11) is 0. The lowest BCUT2D eigenvalue weighted by atomic mass is 10.1. The third-order valence-electron chi connectivity index (χ3n) is 4.08. The number of thioether (sulfide) groups is 1. The van der Waals surface area contributed by atoms with Gasteiger partial charge in [0.1, 0.15) is 0 Å². The minimum atomic E-state index is -0.294. The van der Waals surface area contributed by atoms with Crippen molar-refractivity contribution in [2.45, 2.75) is 20.4 Å². The molecule has 0 N–H and O–H groups in total. The Morgan fingerprint density at radius 1 is 1.14 bits per heavy atom. The Balaban J connectivity index is 1.88. The third kappa shape index (κ3) is 5.16. The topological polar surface area (TPSA) is 55.8 Å². The lowest BCUT2D eigenvalue weighted by Gasteiger charge is -2.14. The Labute approximate surface area is 196 Å². The molecule has 0 spiro atoms. The number of ether oxygens (including phenoxy) is 2. The number of carbonyl (C=O) groups excluding carboxylic acids is 2. The zero-order valence-electron chi connectivity index (χ0n) is 15.9. The smallest absolute Gasteiger partial charge is 0.293 e. The van der Waals surface area contributed by atoms with E-state index in [0.29, 0.717) is 29.6 Å². The largest absolute Gasteiger partial charge is 0.490 e. The highest BCUT2D eigenvalue weighted by Crippen LogP contribution is 2.38. The molecule has 2 aromatic rings. The molecule has 0 radical (unpaired) electrons. The highest BCUT2D eigenvalue weighted by Gasteiger charge is 2.35. The number of carbonyl (C=O) groups is 2. The number of imide groups is 1. The summed E-state index contributed by atoms with van der Waals surface area (Å²) in [6.07, 6.45) is 1.73. The van der Waals surface area contributed by atoms with E-state index in [1.807, 2.05) is 50.2 Å². The van der Waals surface area contributed by atoms with Crippen LogP contribution in [0.25, 0.3) is 6.08 Å². The second-order valence-corrected chi connectivity index (χ2v) is 9.06. The van der Waals surface area contributed by atoms with Gasteiger partial charge in [0.2, 0.25) is 0 Å². The SMILES string of the molecule is CCOc1cc(/C=C2/SC(=O)N(Cc3ccccc3Br)C2=O)cc(I)c1OCC. The summed E-state index contributed by atoms with van der Waals surface area (Å²) in [4.78, 5) is 26.9. The number of rotatable bonds is 7. The molecule has 0 atom stereocenters. The van der Waals surface area contributed by atoms with Gasteiger partial charge in [-0.2, -0.15) is 0 Å². The van der Waals surface area contributed by atoms with E-state index >= 15 is 0 Å². The van der Waals surface area contributed by atoms with Crippen LogP contribution >= 0.6 is 50.3 Å². The predicted molar refractivity (Wildman–Crippen MR) is 127 cm³/mol. The number of benzene rings is 2. The highest BCUT2D eigenvalue weighted by atomic mass is 127. The number of amides is 2. The summed E-state index contributed by atoms with van der Waals surface area (Å²) in [5.74, 6) is 1.02. The molecular formula is C21H19BrINO4S. The zero-order valence-corrected chi connectivity index (χ0v) is 20.5. The van der Waals surface area contributed by atoms with E-state index in [1.165, 1.54) is 4.90 Å². The Morgan fingerprint density at radius 3 is 2.55 bits per heavy atom. The maximum absolute atomic E-state index is 12.8. The van der Waals surface area contributed by atoms with Crippen molar-refractivity contribution < 1.29 is 19.1 Å². The molecule has 1 heterocycles. The Hall–Kier alpha value is -1.52. The molecule has 0 saturated carbocycles. The molecule has 1 saturated heterocycles. The first-order valence-corrected chi connectivity index (χ1v) is 11.7. The molecule has 0 aliphatic carbocycles. The number of nitrogens with zero attached hydrogens (tertiary/aromatic N) is 1. The van der Waals surface area contributed by atoms with Gasteiger partial charge in [0.05, 0.1) is 28.2 Å². The van der Waals surface area contributed by atoms with Gasteiger partial charge in [-0.05, 0) is 83.6 Å². The van der Waals surface area contributed by atoms with Crippen molar-refractivity contribution in [1.82, 2.24) is 4.90 Å². The van der Waals surface area contributed by atoms with Crippen LogP contribution in [-0.2, 0) is 11.3 Å². The number of halogens is 2. The fourth-order valence-electron chi connectivity index (χ4n) is 2.80. The maximum atomic E-state index is 12.8. The summed E-state index contributed by atoms with van der Waals surface area (Å²) < 4.78 is 13.1. The lowest BCUT2D eigenvalue weighted by Crippen LogP contribution is -2.27. The van der Waals surface area contributed by atoms with Crippen LogP contribution in [0.1, 0.15) is 25.0 Å². The molecule has 1 aliphatic heterocycles. The molecule has 8 heteroatoms. The first kappa shape index (κ1) is 22.2. The van der Waals surface area contributed by atoms with E-state index in [9.17, 15) is 9.59 Å². The van der Waals surface area contributed by atoms with Gasteiger partial charge in [-0.3, -0.25) is 14.5 Å². The molecule has 1 fully saturated rings. The molecule has 152 valence electrons. The van der Waals surface area contributed by atoms with E-state index in [1.54, 1.807) is 6.08 Å². The standard InChI is InChI=1S/C21H19BrINO4S/c1-3-27-17-10-13(9-16(23)19(17)28-4-2)11-18-20(25)24(21(26)29-18)12-14-7-5-6-8-15(14)22/h5-11H,3-4,12H2,1-2H3/b18-11+. The Morgan fingerprint density at radius 2 is 1.86 bits per heavy atom. The van der Waals surface area contributed by atoms with E-state index in [2.05, 4.69) is 38.5 Å². The molecule has 2 amide bonds. The van der Waals surface area contributed by atoms with Crippen molar-refractivity contribution in [2.75, 3.05) is 13.2 Å². The Bertz CT molecular complexity index is 979. The van der Waals surface area contributed by atoms with Gasteiger partial charge >= 0.3 is 0 Å². The van der Waals surface area contributed by atoms with Gasteiger partial charge in [0, 0.05) is 4.47 Å². The molecule has 1 aliphatic rings. The maximum Gasteiger partial charge on any atom is 0.293 e. The van der Waals surface area contributed by atoms with Gasteiger partial charge in [-0.1, -0.05) is 34.1 Å². The van der Waals surface area contributed by atoms with E-state index in [4.69, 9.17) is 9.47 Å². The fourth-order valence-corrected chi connectivity index (χ4v) is 4.83. The normalized spacial score (nSPS) is 15.3. The minimum Gasteiger partial charge on any atom is -0.490 e. The second kappa shape index (κ2) is 9.99. The fraction of sp³-hybridized carbons (Fsp3) is 0.238. The molecule has 2 aromatic carbocycles. The van der Waals surface area contributed by atoms with Crippen LogP contribution in [0.5, 0.6) is 11.5 Å². The van der Waals surface area contributed by atoms with Crippen molar-refractivity contribution in [2.24, 2.45) is 0 Å². The number of hydrogen-bond donors (Lipinski definition) is 0. The van der Waals surface area contributed by atoms with E-state index in [-0.39, 0.29) is 17.7 Å². The van der Waals surface area contributed by atoms with Crippen LogP contribution in [0.3, 0.4) is 0 Å². The van der Waals surface area contributed by atoms with Gasteiger partial charge in [-0.25, -0.2) is 0 Å². The molecule has 0 bridgehead atoms. The molecule has 5 nitrogen and oxygen atoms in total. The van der Waals surface area contributed by atoms with Crippen molar-refractivity contribution in [3.8, 4) is 11.5 Å². The van der Waals surface area contributed by atoms with Crippen LogP contribution in [-0.4, -0.2) is 29.3 Å². The lowest BCUT2D eigenvalue weighted by molar-refractivity contribution is -0.123. The van der Waals surface area contributed by atoms with Crippen molar-refractivity contribution in [3.05, 3.63) is 60.5 Å². The van der Waals surface area contributed by atoms with Gasteiger partial charge in [0.25, 0.3) is 11.1 Å². The summed E-state index contributed by atoms with van der Waals surface area (Å²) in [6, 6.07) is 11.3. The van der Waals surface area contributed by atoms with Gasteiger partial charge < -0.3 is 9.47 Å². The summed E-state index contributed by atoms with van der Waals surface area (Å²) >= 11 is 6.60. The first-order valence-electron chi connectivity index (χ1n) is 9.02. The van der Waals surface area contributed by atoms with Crippen LogP contribution in [0.2, 0.25) is 0 Å². The highest BCUT2D eigenvalue weighted by molar-refractivity contribution is 14.1. The Kier molecular flexibility index (Phi) is 7.64. The summed E-state index contributed by atoms with van der Waals surface area (Å²) in [5, 5.41) is -0.275. The van der Waals surface area contributed by atoms with Gasteiger partial charge in [0.15, 0.2) is 11.5 Å². The second-order valence-electron chi connectivity index (χ2n) is 6.06. The third-order valence-corrected chi connectivity index (χ3v) is 6.56. The molecule has 0 aromatic heterocycles. The average Bonchev–Trinajstić information content (AvgIpc) is 2.94. The summed E-state index contributed by atoms with van der Waals surface area (Å²) in [6.45, 7) is 5.09. The van der Waals surface area contributed by atoms with Gasteiger partial charge in [-0.15, -0.1) is 0 Å². The van der Waals surface area contributed by atoms with Crippen LogP contribution in [0, 0.1) is 3.57 Å². The van der Waals surface area contributed by atoms with Crippen LogP contribution in [0.4, 0.5) is 4.79 Å². The minimum absolute atomic E-state index is 0.231. The monoisotopic (exact) mass is 587 g/mol. The average molecular weight is 588 g/mol. The molecule has 3 rings (SSSR count). The van der Waals surface area contributed by atoms with E-state index < -0.39 is 0 Å². The molecular weight excluding hydrogens is 569 g/mol. The summed E-state index contributed by atoms with van der Waals surface area (Å²) in [5.41, 5.74) is 1.66. The van der Waals surface area contributed by atoms with E-state index in [0.717, 1.165) is 30.9 Å². The molecule has 29 heavy (non-hydrogen) atoms. The zero-order chi connectivity index (χ0) is 21.0.